The molecule has 0 saturated heterocycles. The summed E-state index contributed by atoms with van der Waals surface area (Å²) in [6, 6.07) is 0. The molecule has 1 unspecified atom stereocenters. The molecule has 0 aromatic heterocycles. The molecule has 0 fully saturated rings. The van der Waals surface area contributed by atoms with Gasteiger partial charge in [0, 0.05) is 19.4 Å². The Labute approximate surface area is 430 Å². The van der Waals surface area contributed by atoms with Crippen molar-refractivity contribution in [3.8, 4) is 0 Å². The van der Waals surface area contributed by atoms with E-state index in [1.54, 1.807) is 0 Å². The minimum absolute atomic E-state index is 0.0273. The van der Waals surface area contributed by atoms with E-state index < -0.39 is 6.10 Å². The summed E-state index contributed by atoms with van der Waals surface area (Å²) in [5.41, 5.74) is 0. The van der Waals surface area contributed by atoms with Crippen molar-refractivity contribution < 1.29 is 23.8 Å². The summed E-state index contributed by atoms with van der Waals surface area (Å²) >= 11 is 0. The van der Waals surface area contributed by atoms with Gasteiger partial charge in [-0.25, -0.2) is 0 Å². The van der Waals surface area contributed by atoms with Crippen molar-refractivity contribution in [2.24, 2.45) is 0 Å². The third-order valence-electron chi connectivity index (χ3n) is 10.7. The van der Waals surface area contributed by atoms with Crippen LogP contribution in [-0.2, 0) is 23.8 Å². The number of unbranched alkanes of at least 4 members (excludes halogenated alkanes) is 9. The molecule has 0 aromatic rings. The molecule has 1 atom stereocenters. The molecule has 0 heterocycles. The summed E-state index contributed by atoms with van der Waals surface area (Å²) in [7, 11) is 0. The van der Waals surface area contributed by atoms with Crippen molar-refractivity contribution in [2.45, 2.75) is 207 Å². The quantitative estimate of drug-likeness (QED) is 0.0345. The number of hydrogen-bond donors (Lipinski definition) is 0. The van der Waals surface area contributed by atoms with Gasteiger partial charge in [0.05, 0.1) is 6.61 Å². The maximum absolute atomic E-state index is 12.8. The second-order valence-corrected chi connectivity index (χ2v) is 17.3. The normalized spacial score (nSPS) is 13.6. The zero-order chi connectivity index (χ0) is 50.6. The zero-order valence-electron chi connectivity index (χ0n) is 44.7. The lowest BCUT2D eigenvalue weighted by atomic mass is 10.1. The van der Waals surface area contributed by atoms with Gasteiger partial charge in [0.25, 0.3) is 0 Å². The molecule has 0 aromatic carbocycles. The molecule has 390 valence electrons. The van der Waals surface area contributed by atoms with Gasteiger partial charge in [-0.15, -0.1) is 0 Å². The first-order valence-corrected chi connectivity index (χ1v) is 27.7. The van der Waals surface area contributed by atoms with Crippen LogP contribution in [0.2, 0.25) is 0 Å². The molecule has 0 spiro atoms. The van der Waals surface area contributed by atoms with Crippen molar-refractivity contribution in [2.75, 3.05) is 19.8 Å². The van der Waals surface area contributed by atoms with Crippen molar-refractivity contribution >= 4 is 11.9 Å². The van der Waals surface area contributed by atoms with Crippen LogP contribution in [0, 0.1) is 0 Å². The molecule has 5 nitrogen and oxygen atoms in total. The van der Waals surface area contributed by atoms with Gasteiger partial charge in [-0.2, -0.15) is 0 Å². The molecular weight excluding hydrogens is 861 g/mol. The first kappa shape index (κ1) is 65.3. The molecule has 0 amide bonds. The second-order valence-electron chi connectivity index (χ2n) is 17.3. The van der Waals surface area contributed by atoms with Crippen molar-refractivity contribution in [1.82, 2.24) is 0 Å². The summed E-state index contributed by atoms with van der Waals surface area (Å²) in [6.45, 7) is 7.29. The Bertz CT molecular complexity index is 1600. The number of esters is 2. The second kappa shape index (κ2) is 58.6. The highest BCUT2D eigenvalue weighted by atomic mass is 16.6. The number of ether oxygens (including phenoxy) is 3. The highest BCUT2D eigenvalue weighted by Crippen LogP contribution is 2.11. The predicted molar refractivity (Wildman–Crippen MR) is 306 cm³/mol. The van der Waals surface area contributed by atoms with Crippen molar-refractivity contribution in [3.63, 3.8) is 0 Å². The minimum atomic E-state index is -0.601. The van der Waals surface area contributed by atoms with Crippen LogP contribution >= 0.6 is 0 Å². The van der Waals surface area contributed by atoms with E-state index in [-0.39, 0.29) is 25.2 Å². The highest BCUT2D eigenvalue weighted by Gasteiger charge is 2.17. The van der Waals surface area contributed by atoms with Gasteiger partial charge < -0.3 is 14.2 Å². The Morgan fingerprint density at radius 2 is 0.600 bits per heavy atom. The number of allylic oxidation sites excluding steroid dienone is 28. The molecule has 0 N–H and O–H groups in total. The van der Waals surface area contributed by atoms with Crippen LogP contribution in [-0.4, -0.2) is 37.9 Å². The lowest BCUT2D eigenvalue weighted by molar-refractivity contribution is -0.163. The van der Waals surface area contributed by atoms with Gasteiger partial charge in [0.1, 0.15) is 6.61 Å². The summed E-state index contributed by atoms with van der Waals surface area (Å²) in [6.07, 6.45) is 88.0. The van der Waals surface area contributed by atoms with E-state index in [4.69, 9.17) is 14.2 Å². The van der Waals surface area contributed by atoms with Crippen LogP contribution in [0.5, 0.6) is 0 Å². The topological polar surface area (TPSA) is 61.8 Å². The number of hydrogen-bond acceptors (Lipinski definition) is 5. The van der Waals surface area contributed by atoms with Gasteiger partial charge in [0.2, 0.25) is 0 Å². The fourth-order valence-electron chi connectivity index (χ4n) is 6.73. The van der Waals surface area contributed by atoms with Gasteiger partial charge >= 0.3 is 11.9 Å². The summed E-state index contributed by atoms with van der Waals surface area (Å²) in [4.78, 5) is 25.5. The molecule has 0 saturated carbocycles. The van der Waals surface area contributed by atoms with E-state index in [1.807, 2.05) is 0 Å². The number of carbonyl (C=O) groups excluding carboxylic acids is 2. The zero-order valence-corrected chi connectivity index (χ0v) is 44.7. The maximum atomic E-state index is 12.8. The van der Waals surface area contributed by atoms with E-state index in [1.165, 1.54) is 0 Å². The Hall–Kier alpha value is -4.74. The first-order chi connectivity index (χ1) is 34.6. The summed E-state index contributed by atoms with van der Waals surface area (Å²) < 4.78 is 17.4. The highest BCUT2D eigenvalue weighted by molar-refractivity contribution is 5.70. The van der Waals surface area contributed by atoms with Crippen LogP contribution in [0.1, 0.15) is 201 Å². The third kappa shape index (κ3) is 55.9. The monoisotopic (exact) mass is 961 g/mol. The first-order valence-electron chi connectivity index (χ1n) is 27.7. The van der Waals surface area contributed by atoms with E-state index in [2.05, 4.69) is 191 Å². The molecule has 5 heteroatoms. The van der Waals surface area contributed by atoms with Crippen molar-refractivity contribution in [3.05, 3.63) is 170 Å². The molecule has 0 bridgehead atoms. The fraction of sp³-hybridized carbons (Fsp3) is 0.538. The van der Waals surface area contributed by atoms with Crippen molar-refractivity contribution in [1.29, 1.82) is 0 Å². The Morgan fingerprint density at radius 1 is 0.314 bits per heavy atom. The largest absolute Gasteiger partial charge is 0.462 e. The molecule has 0 aliphatic heterocycles. The number of carbonyl (C=O) groups is 2. The number of rotatable bonds is 48. The van der Waals surface area contributed by atoms with Gasteiger partial charge in [-0.05, 0) is 148 Å². The average molecular weight is 962 g/mol. The Morgan fingerprint density at radius 3 is 0.957 bits per heavy atom. The van der Waals surface area contributed by atoms with Crippen LogP contribution in [0.15, 0.2) is 170 Å². The van der Waals surface area contributed by atoms with E-state index in [0.717, 1.165) is 167 Å². The van der Waals surface area contributed by atoms with Crippen LogP contribution in [0.3, 0.4) is 0 Å². The minimum Gasteiger partial charge on any atom is -0.462 e. The molecule has 0 radical (unpaired) electrons. The van der Waals surface area contributed by atoms with Crippen LogP contribution in [0.4, 0.5) is 0 Å². The van der Waals surface area contributed by atoms with Crippen LogP contribution < -0.4 is 0 Å². The van der Waals surface area contributed by atoms with E-state index in [0.29, 0.717) is 19.4 Å². The summed E-state index contributed by atoms with van der Waals surface area (Å²) in [5.74, 6) is -0.502. The Balaban J connectivity index is 4.52. The lowest BCUT2D eigenvalue weighted by Crippen LogP contribution is -2.30. The van der Waals surface area contributed by atoms with Crippen LogP contribution in [0.25, 0.3) is 0 Å². The fourth-order valence-corrected chi connectivity index (χ4v) is 6.73. The average Bonchev–Trinajstić information content (AvgIpc) is 3.36. The molecule has 70 heavy (non-hydrogen) atoms. The molecular formula is C65H100O5. The Kier molecular flexibility index (Phi) is 54.6. The maximum Gasteiger partial charge on any atom is 0.306 e. The molecule has 0 aliphatic rings. The van der Waals surface area contributed by atoms with E-state index in [9.17, 15) is 9.59 Å². The summed E-state index contributed by atoms with van der Waals surface area (Å²) in [5, 5.41) is 0. The third-order valence-corrected chi connectivity index (χ3v) is 10.7. The van der Waals surface area contributed by atoms with E-state index >= 15 is 0 Å². The smallest absolute Gasteiger partial charge is 0.306 e. The SMILES string of the molecule is CC/C=C\C/C=C\C/C=C\C/C=C\C/C=C\CCCCCC(=O)OCC(COCCCC/C=C\C/C=C\C/C=C\C/C=C\C/C=C\CC)OC(=O)CCCCCC/C=C\C/C=C\C/C=C\C/C=C\CC. The predicted octanol–water partition coefficient (Wildman–Crippen LogP) is 19.2. The van der Waals surface area contributed by atoms with Gasteiger partial charge in [0.15, 0.2) is 6.10 Å². The standard InChI is InChI=1S/C65H100O5/c1-4-7-10-13-16-19-22-25-28-31-33-35-37-40-43-46-49-52-55-58-64(66)69-62-63(61-68-60-57-54-51-48-45-42-39-36-32-29-26-23-20-17-14-11-8-5-2)70-65(67)59-56-53-50-47-44-41-38-34-30-27-24-21-18-15-12-9-6-3/h7-12,16-21,25-30,33,35-36,38-41,43,45,48,63H,4-6,13-15,22-24,31-32,34,37,42,44,46-47,49-62H2,1-3H3/b10-7-,11-8-,12-9-,19-16-,20-17-,21-18-,28-25-,29-26-,30-27-,35-33-,39-36-,41-38-,43-40-,48-45-. The van der Waals surface area contributed by atoms with Gasteiger partial charge in [-0.1, -0.05) is 210 Å². The lowest BCUT2D eigenvalue weighted by Gasteiger charge is -2.18. The van der Waals surface area contributed by atoms with Gasteiger partial charge in [-0.3, -0.25) is 9.59 Å². The molecule has 0 rings (SSSR count). The molecule has 0 aliphatic carbocycles.